The van der Waals surface area contributed by atoms with E-state index in [0.717, 1.165) is 17.8 Å². The van der Waals surface area contributed by atoms with E-state index in [4.69, 9.17) is 9.47 Å². The molecule has 6 nitrogen and oxygen atoms in total. The molecule has 146 valence electrons. The highest BCUT2D eigenvalue weighted by Crippen LogP contribution is 2.34. The predicted octanol–water partition coefficient (Wildman–Crippen LogP) is 3.91. The number of carbonyl (C=O) groups is 2. The third-order valence-corrected chi connectivity index (χ3v) is 5.69. The maximum Gasteiger partial charge on any atom is 0.257 e. The number of halogens is 1. The number of nitrogens with zero attached hydrogens (tertiary/aromatic N) is 1. The smallest absolute Gasteiger partial charge is 0.257 e. The number of carbonyl (C=O) groups excluding carboxylic acids is 2. The van der Waals surface area contributed by atoms with Crippen molar-refractivity contribution in [2.75, 3.05) is 25.1 Å². The summed E-state index contributed by atoms with van der Waals surface area (Å²) in [5, 5.41) is 3.02. The number of hydrogen-bond donors (Lipinski definition) is 1. The minimum Gasteiger partial charge on any atom is -0.491 e. The molecule has 0 spiro atoms. The molecule has 3 heterocycles. The van der Waals surface area contributed by atoms with Gasteiger partial charge >= 0.3 is 0 Å². The third kappa shape index (κ3) is 3.98. The molecule has 1 N–H and O–H groups in total. The number of thiazole rings is 1. The second-order valence-corrected chi connectivity index (χ2v) is 7.61. The van der Waals surface area contributed by atoms with Crippen molar-refractivity contribution < 1.29 is 23.5 Å². The molecule has 1 aromatic carbocycles. The fraction of sp³-hybridized carbons (Fsp3) is 0.350. The minimum atomic E-state index is -0.414. The van der Waals surface area contributed by atoms with Crippen LogP contribution in [-0.2, 0) is 9.47 Å². The molecular formula is C20H19FN2O4S. The first-order chi connectivity index (χ1) is 13.6. The first-order valence-electron chi connectivity index (χ1n) is 9.15. The van der Waals surface area contributed by atoms with Gasteiger partial charge in [-0.15, -0.1) is 0 Å². The van der Waals surface area contributed by atoms with Crippen LogP contribution in [0.1, 0.15) is 45.0 Å². The molecule has 4 rings (SSSR count). The minimum absolute atomic E-state index is 0.00878. The van der Waals surface area contributed by atoms with Gasteiger partial charge < -0.3 is 9.47 Å². The van der Waals surface area contributed by atoms with Gasteiger partial charge in [-0.1, -0.05) is 11.3 Å². The highest BCUT2D eigenvalue weighted by Gasteiger charge is 2.30. The van der Waals surface area contributed by atoms with Gasteiger partial charge in [0, 0.05) is 31.1 Å². The van der Waals surface area contributed by atoms with Crippen LogP contribution in [0.5, 0.6) is 0 Å². The number of hydrogen-bond acceptors (Lipinski definition) is 6. The first kappa shape index (κ1) is 18.8. The number of ether oxygens (including phenoxy) is 2. The molecule has 8 heteroatoms. The lowest BCUT2D eigenvalue weighted by Gasteiger charge is -2.20. The van der Waals surface area contributed by atoms with Gasteiger partial charge in [-0.2, -0.15) is 0 Å². The number of nitrogens with one attached hydrogen (secondary N) is 1. The largest absolute Gasteiger partial charge is 0.491 e. The Labute approximate surface area is 165 Å². The number of anilines is 1. The van der Waals surface area contributed by atoms with Gasteiger partial charge in [0.15, 0.2) is 10.9 Å². The zero-order valence-corrected chi connectivity index (χ0v) is 15.9. The molecule has 1 saturated heterocycles. The summed E-state index contributed by atoms with van der Waals surface area (Å²) in [5.41, 5.74) is 0.792. The van der Waals surface area contributed by atoms with Crippen molar-refractivity contribution in [1.29, 1.82) is 0 Å². The van der Waals surface area contributed by atoms with E-state index in [2.05, 4.69) is 10.3 Å². The zero-order chi connectivity index (χ0) is 19.5. The van der Waals surface area contributed by atoms with Crippen LogP contribution in [0.3, 0.4) is 0 Å². The van der Waals surface area contributed by atoms with E-state index < -0.39 is 11.7 Å². The van der Waals surface area contributed by atoms with Crippen LogP contribution >= 0.6 is 11.3 Å². The number of aromatic nitrogens is 1. The molecule has 2 aliphatic rings. The molecule has 2 aromatic rings. The number of amides is 1. The molecule has 0 aliphatic carbocycles. The monoisotopic (exact) mass is 402 g/mol. The molecule has 28 heavy (non-hydrogen) atoms. The average molecular weight is 402 g/mol. The van der Waals surface area contributed by atoms with Crippen LogP contribution < -0.4 is 5.32 Å². The normalized spacial score (nSPS) is 17.1. The summed E-state index contributed by atoms with van der Waals surface area (Å²) >= 11 is 1.15. The summed E-state index contributed by atoms with van der Waals surface area (Å²) in [6, 6.07) is 5.24. The van der Waals surface area contributed by atoms with Crippen molar-refractivity contribution in [2.24, 2.45) is 5.92 Å². The summed E-state index contributed by atoms with van der Waals surface area (Å²) < 4.78 is 24.0. The van der Waals surface area contributed by atoms with E-state index in [1.54, 1.807) is 0 Å². The Bertz CT molecular complexity index is 917. The quantitative estimate of drug-likeness (QED) is 0.768. The number of ketones is 1. The highest BCUT2D eigenvalue weighted by atomic mass is 32.1. The number of benzene rings is 1. The second-order valence-electron chi connectivity index (χ2n) is 6.61. The lowest BCUT2D eigenvalue weighted by molar-refractivity contribution is 0.0547. The van der Waals surface area contributed by atoms with Crippen molar-refractivity contribution in [3.8, 4) is 0 Å². The van der Waals surface area contributed by atoms with E-state index in [0.29, 0.717) is 59.7 Å². The summed E-state index contributed by atoms with van der Waals surface area (Å²) in [6.45, 7) is 1.69. The first-order valence-corrected chi connectivity index (χ1v) is 9.96. The molecule has 1 aromatic heterocycles. The van der Waals surface area contributed by atoms with Crippen molar-refractivity contribution in [2.45, 2.75) is 19.3 Å². The summed E-state index contributed by atoms with van der Waals surface area (Å²) in [7, 11) is 0. The Kier molecular flexibility index (Phi) is 5.50. The lowest BCUT2D eigenvalue weighted by atomic mass is 9.94. The molecular weight excluding hydrogens is 383 g/mol. The average Bonchev–Trinajstić information content (AvgIpc) is 3.38. The third-order valence-electron chi connectivity index (χ3n) is 4.71. The van der Waals surface area contributed by atoms with E-state index in [1.807, 2.05) is 6.08 Å². The summed E-state index contributed by atoms with van der Waals surface area (Å²) in [6.07, 6.45) is 4.01. The Morgan fingerprint density at radius 2 is 1.89 bits per heavy atom. The molecule has 0 unspecified atom stereocenters. The van der Waals surface area contributed by atoms with Crippen LogP contribution in [0.4, 0.5) is 9.52 Å². The van der Waals surface area contributed by atoms with Gasteiger partial charge in [0.1, 0.15) is 22.1 Å². The Morgan fingerprint density at radius 1 is 1.14 bits per heavy atom. The van der Waals surface area contributed by atoms with Gasteiger partial charge in [0.05, 0.1) is 6.61 Å². The topological polar surface area (TPSA) is 77.5 Å². The van der Waals surface area contributed by atoms with Crippen molar-refractivity contribution >= 4 is 33.9 Å². The summed E-state index contributed by atoms with van der Waals surface area (Å²) in [5.74, 6) is -0.353. The predicted molar refractivity (Wildman–Crippen MR) is 103 cm³/mol. The lowest BCUT2D eigenvalue weighted by Crippen LogP contribution is -2.23. The maximum absolute atomic E-state index is 13.1. The Hall–Kier alpha value is -2.58. The standard InChI is InChI=1S/C20H19FN2O4S/c21-14-5-3-13(4-6-14)19(25)23-20-22-16(15-2-1-9-27-15)18(28-20)17(24)12-7-10-26-11-8-12/h2-6,12H,1,7-11H2,(H,22,23,25). The SMILES string of the molecule is O=C(Nc1nc(C2=CCCO2)c(C(=O)C2CCOCC2)s1)c1ccc(F)cc1. The van der Waals surface area contributed by atoms with Crippen molar-refractivity contribution in [3.05, 3.63) is 52.3 Å². The van der Waals surface area contributed by atoms with Gasteiger partial charge in [0.2, 0.25) is 0 Å². The zero-order valence-electron chi connectivity index (χ0n) is 15.1. The molecule has 0 saturated carbocycles. The Balaban J connectivity index is 1.60. The van der Waals surface area contributed by atoms with Crippen LogP contribution in [0.2, 0.25) is 0 Å². The molecule has 1 amide bonds. The van der Waals surface area contributed by atoms with Gasteiger partial charge in [-0.05, 0) is 43.2 Å². The molecule has 2 aliphatic heterocycles. The van der Waals surface area contributed by atoms with E-state index in [1.165, 1.54) is 24.3 Å². The molecule has 0 bridgehead atoms. The van der Waals surface area contributed by atoms with Crippen molar-refractivity contribution in [1.82, 2.24) is 4.98 Å². The molecule has 0 atom stereocenters. The van der Waals surface area contributed by atoms with Gasteiger partial charge in [0.25, 0.3) is 5.91 Å². The van der Waals surface area contributed by atoms with Crippen LogP contribution in [0.25, 0.3) is 5.76 Å². The Morgan fingerprint density at radius 3 is 2.57 bits per heavy atom. The van der Waals surface area contributed by atoms with Crippen LogP contribution in [0.15, 0.2) is 30.3 Å². The maximum atomic E-state index is 13.1. The van der Waals surface area contributed by atoms with Crippen molar-refractivity contribution in [3.63, 3.8) is 0 Å². The van der Waals surface area contributed by atoms with E-state index in [9.17, 15) is 14.0 Å². The second kappa shape index (κ2) is 8.20. The molecule has 1 fully saturated rings. The van der Waals surface area contributed by atoms with Gasteiger partial charge in [-0.25, -0.2) is 9.37 Å². The molecule has 0 radical (unpaired) electrons. The highest BCUT2D eigenvalue weighted by molar-refractivity contribution is 7.18. The van der Waals surface area contributed by atoms with Crippen LogP contribution in [0, 0.1) is 11.7 Å². The number of Topliss-reactive ketones (excluding diaryl/α,β-unsaturated/α-hetero) is 1. The van der Waals surface area contributed by atoms with E-state index >= 15 is 0 Å². The number of rotatable bonds is 5. The van der Waals surface area contributed by atoms with E-state index in [-0.39, 0.29) is 11.7 Å². The van der Waals surface area contributed by atoms with Crippen LogP contribution in [-0.4, -0.2) is 36.5 Å². The fourth-order valence-electron chi connectivity index (χ4n) is 3.21. The fourth-order valence-corrected chi connectivity index (χ4v) is 4.19. The van der Waals surface area contributed by atoms with Gasteiger partial charge in [-0.3, -0.25) is 14.9 Å². The summed E-state index contributed by atoms with van der Waals surface area (Å²) in [4.78, 5) is 30.4.